The highest BCUT2D eigenvalue weighted by Crippen LogP contribution is 2.36. The maximum atomic E-state index is 13.5. The van der Waals surface area contributed by atoms with Crippen LogP contribution in [0.5, 0.6) is 0 Å². The van der Waals surface area contributed by atoms with Crippen molar-refractivity contribution in [2.24, 2.45) is 0 Å². The Labute approximate surface area is 243 Å². The molecule has 9 nitrogen and oxygen atoms in total. The van der Waals surface area contributed by atoms with E-state index < -0.39 is 11.7 Å². The molecular weight excluding hydrogens is 535 g/mol. The smallest absolute Gasteiger partial charge is 0.412 e. The molecule has 5 aromatic rings. The number of nitrogens with one attached hydrogen (secondary N) is 2. The highest BCUT2D eigenvalue weighted by Gasteiger charge is 2.24. The third-order valence-corrected chi connectivity index (χ3v) is 7.25. The molecule has 1 amide bonds. The molecule has 6 rings (SSSR count). The van der Waals surface area contributed by atoms with Gasteiger partial charge in [0, 0.05) is 23.8 Å². The van der Waals surface area contributed by atoms with E-state index >= 15 is 0 Å². The minimum absolute atomic E-state index is 0.169. The molecule has 4 heterocycles. The number of nitrogens with zero attached hydrogens (tertiary/aromatic N) is 4. The van der Waals surface area contributed by atoms with Crippen LogP contribution in [0.25, 0.3) is 44.8 Å². The van der Waals surface area contributed by atoms with Crippen LogP contribution in [0.15, 0.2) is 61.1 Å². The first-order valence-electron chi connectivity index (χ1n) is 14.1. The van der Waals surface area contributed by atoms with Gasteiger partial charge in [-0.05, 0) is 100 Å². The zero-order chi connectivity index (χ0) is 29.4. The van der Waals surface area contributed by atoms with Crippen molar-refractivity contribution >= 4 is 22.7 Å². The number of H-pyrrole nitrogens is 1. The van der Waals surface area contributed by atoms with Crippen LogP contribution in [0.4, 0.5) is 14.9 Å². The number of carbonyl (C=O) groups is 1. The molecule has 42 heavy (non-hydrogen) atoms. The summed E-state index contributed by atoms with van der Waals surface area (Å²) in [6, 6.07) is 12.4. The zero-order valence-electron chi connectivity index (χ0n) is 24.1. The molecular formula is C32H33FN6O3. The van der Waals surface area contributed by atoms with Gasteiger partial charge in [-0.3, -0.25) is 10.3 Å². The molecule has 2 aromatic carbocycles. The molecule has 1 unspecified atom stereocenters. The van der Waals surface area contributed by atoms with Crippen LogP contribution in [0.3, 0.4) is 0 Å². The number of ether oxygens (including phenoxy) is 2. The molecule has 3 aromatic heterocycles. The lowest BCUT2D eigenvalue weighted by Crippen LogP contribution is -2.27. The van der Waals surface area contributed by atoms with Gasteiger partial charge >= 0.3 is 6.09 Å². The highest BCUT2D eigenvalue weighted by molar-refractivity contribution is 5.96. The van der Waals surface area contributed by atoms with Crippen LogP contribution in [0.2, 0.25) is 0 Å². The average molecular weight is 569 g/mol. The molecule has 1 fully saturated rings. The molecule has 0 radical (unpaired) electrons. The maximum Gasteiger partial charge on any atom is 0.412 e. The molecule has 0 saturated carbocycles. The maximum absolute atomic E-state index is 13.5. The van der Waals surface area contributed by atoms with Crippen molar-refractivity contribution in [2.75, 3.05) is 11.9 Å². The number of amides is 1. The standard InChI is InChI=1S/C32H33FN6O3/c1-19-24(16-34-17-25(19)37-31(40)42-32(2,3)4)21-10-13-27-23(15-21)29(38-39(27)28-7-5-6-14-41-28)30-35-18-26(36-30)20-8-11-22(33)12-9-20/h8-13,15-18,28H,5-7,14H2,1-4H3,(H,35,36)(H,37,40). The molecule has 0 aliphatic carbocycles. The van der Waals surface area contributed by atoms with Crippen LogP contribution in [0, 0.1) is 12.7 Å². The molecule has 1 saturated heterocycles. The van der Waals surface area contributed by atoms with E-state index in [0.717, 1.165) is 58.1 Å². The van der Waals surface area contributed by atoms with Crippen molar-refractivity contribution < 1.29 is 18.7 Å². The number of carbonyl (C=O) groups excluding carboxylic acids is 1. The van der Waals surface area contributed by atoms with Crippen LogP contribution >= 0.6 is 0 Å². The summed E-state index contributed by atoms with van der Waals surface area (Å²) in [6.07, 6.45) is 7.40. The lowest BCUT2D eigenvalue weighted by molar-refractivity contribution is -0.0365. The topological polar surface area (TPSA) is 107 Å². The number of benzene rings is 2. The number of fused-ring (bicyclic) bond motifs is 1. The van der Waals surface area contributed by atoms with Crippen molar-refractivity contribution in [1.29, 1.82) is 0 Å². The van der Waals surface area contributed by atoms with E-state index in [9.17, 15) is 9.18 Å². The number of aromatic amines is 1. The van der Waals surface area contributed by atoms with Gasteiger partial charge in [-0.15, -0.1) is 0 Å². The van der Waals surface area contributed by atoms with E-state index in [1.54, 1.807) is 30.7 Å². The van der Waals surface area contributed by atoms with E-state index in [4.69, 9.17) is 14.6 Å². The summed E-state index contributed by atoms with van der Waals surface area (Å²) < 4.78 is 27.0. The lowest BCUT2D eigenvalue weighted by atomic mass is 9.99. The number of aromatic nitrogens is 5. The summed E-state index contributed by atoms with van der Waals surface area (Å²) in [4.78, 5) is 24.9. The number of hydrogen-bond donors (Lipinski definition) is 2. The largest absolute Gasteiger partial charge is 0.444 e. The van der Waals surface area contributed by atoms with Gasteiger partial charge in [0.15, 0.2) is 12.1 Å². The van der Waals surface area contributed by atoms with Crippen molar-refractivity contribution in [1.82, 2.24) is 24.7 Å². The predicted molar refractivity (Wildman–Crippen MR) is 159 cm³/mol. The summed E-state index contributed by atoms with van der Waals surface area (Å²) in [7, 11) is 0. The Bertz CT molecular complexity index is 1750. The van der Waals surface area contributed by atoms with Gasteiger partial charge in [0.1, 0.15) is 17.1 Å². The fraction of sp³-hybridized carbons (Fsp3) is 0.312. The van der Waals surface area contributed by atoms with Gasteiger partial charge < -0.3 is 14.5 Å². The summed E-state index contributed by atoms with van der Waals surface area (Å²) in [5, 5.41) is 8.72. The van der Waals surface area contributed by atoms with Gasteiger partial charge in [-0.1, -0.05) is 6.07 Å². The summed E-state index contributed by atoms with van der Waals surface area (Å²) >= 11 is 0. The van der Waals surface area contributed by atoms with E-state index in [1.165, 1.54) is 12.1 Å². The second kappa shape index (κ2) is 11.0. The van der Waals surface area contributed by atoms with Crippen LogP contribution in [0.1, 0.15) is 51.8 Å². The van der Waals surface area contributed by atoms with E-state index in [2.05, 4.69) is 26.3 Å². The number of halogens is 1. The van der Waals surface area contributed by atoms with Crippen molar-refractivity contribution in [2.45, 2.75) is 58.8 Å². The highest BCUT2D eigenvalue weighted by atomic mass is 19.1. The molecule has 10 heteroatoms. The second-order valence-electron chi connectivity index (χ2n) is 11.5. The first-order valence-corrected chi connectivity index (χ1v) is 14.1. The average Bonchev–Trinajstić information content (AvgIpc) is 3.59. The lowest BCUT2D eigenvalue weighted by Gasteiger charge is -2.23. The van der Waals surface area contributed by atoms with Gasteiger partial charge in [0.25, 0.3) is 0 Å². The van der Waals surface area contributed by atoms with E-state index in [-0.39, 0.29) is 12.0 Å². The molecule has 1 atom stereocenters. The normalized spacial score (nSPS) is 15.6. The van der Waals surface area contributed by atoms with Crippen molar-refractivity contribution in [3.05, 3.63) is 72.4 Å². The van der Waals surface area contributed by atoms with Crippen LogP contribution < -0.4 is 5.32 Å². The van der Waals surface area contributed by atoms with E-state index in [1.807, 2.05) is 44.5 Å². The Balaban J connectivity index is 1.42. The first kappa shape index (κ1) is 27.6. The number of pyridine rings is 1. The van der Waals surface area contributed by atoms with E-state index in [0.29, 0.717) is 23.8 Å². The molecule has 216 valence electrons. The molecule has 0 bridgehead atoms. The number of anilines is 1. The quantitative estimate of drug-likeness (QED) is 0.226. The predicted octanol–water partition coefficient (Wildman–Crippen LogP) is 7.65. The molecule has 1 aliphatic rings. The Hall–Kier alpha value is -4.57. The monoisotopic (exact) mass is 568 g/mol. The molecule has 1 aliphatic heterocycles. The Kier molecular flexibility index (Phi) is 7.24. The number of hydrogen-bond acceptors (Lipinski definition) is 6. The molecule has 0 spiro atoms. The first-order chi connectivity index (χ1) is 20.2. The molecule has 2 N–H and O–H groups in total. The zero-order valence-corrected chi connectivity index (χ0v) is 24.1. The Morgan fingerprint density at radius 2 is 1.88 bits per heavy atom. The van der Waals surface area contributed by atoms with Gasteiger partial charge in [-0.2, -0.15) is 5.10 Å². The SMILES string of the molecule is Cc1c(NC(=O)OC(C)(C)C)cncc1-c1ccc2c(c1)c(-c1ncc(-c3ccc(F)cc3)[nH]1)nn2C1CCCCO1. The fourth-order valence-corrected chi connectivity index (χ4v) is 5.19. The van der Waals surface area contributed by atoms with Crippen LogP contribution in [-0.2, 0) is 9.47 Å². The minimum atomic E-state index is -0.616. The Morgan fingerprint density at radius 1 is 1.10 bits per heavy atom. The van der Waals surface area contributed by atoms with Crippen molar-refractivity contribution in [3.8, 4) is 33.9 Å². The number of rotatable bonds is 5. The third-order valence-electron chi connectivity index (χ3n) is 7.25. The number of imidazole rings is 1. The van der Waals surface area contributed by atoms with Gasteiger partial charge in [0.2, 0.25) is 0 Å². The van der Waals surface area contributed by atoms with Crippen LogP contribution in [-0.4, -0.2) is 43.0 Å². The third kappa shape index (κ3) is 5.62. The van der Waals surface area contributed by atoms with Gasteiger partial charge in [-0.25, -0.2) is 18.9 Å². The van der Waals surface area contributed by atoms with Crippen molar-refractivity contribution in [3.63, 3.8) is 0 Å². The summed E-state index contributed by atoms with van der Waals surface area (Å²) in [6.45, 7) is 8.09. The fourth-order valence-electron chi connectivity index (χ4n) is 5.19. The minimum Gasteiger partial charge on any atom is -0.444 e. The summed E-state index contributed by atoms with van der Waals surface area (Å²) in [5.74, 6) is 0.305. The summed E-state index contributed by atoms with van der Waals surface area (Å²) in [5.41, 5.74) is 5.79. The second-order valence-corrected chi connectivity index (χ2v) is 11.5. The van der Waals surface area contributed by atoms with Gasteiger partial charge in [0.05, 0.1) is 29.3 Å². The Morgan fingerprint density at radius 3 is 2.62 bits per heavy atom.